The molecule has 0 spiro atoms. The van der Waals surface area contributed by atoms with Crippen LogP contribution in [0.3, 0.4) is 0 Å². The van der Waals surface area contributed by atoms with E-state index in [-0.39, 0.29) is 12.1 Å². The maximum Gasteiger partial charge on any atom is 0.0698 e. The smallest absolute Gasteiger partial charge is 0.0698 e. The van der Waals surface area contributed by atoms with Crippen LogP contribution in [0.25, 0.3) is 0 Å². The van der Waals surface area contributed by atoms with Crippen LogP contribution in [0.2, 0.25) is 0 Å². The molecule has 0 saturated heterocycles. The Labute approximate surface area is 90.4 Å². The van der Waals surface area contributed by atoms with Crippen molar-refractivity contribution in [3.05, 3.63) is 0 Å². The predicted octanol–water partition coefficient (Wildman–Crippen LogP) is -0.846. The Morgan fingerprint density at radius 3 is 2.13 bits per heavy atom. The number of aliphatic hydroxyl groups excluding tert-OH is 1. The lowest BCUT2D eigenvalue weighted by Gasteiger charge is -2.20. The van der Waals surface area contributed by atoms with Gasteiger partial charge >= 0.3 is 0 Å². The second-order valence-corrected chi connectivity index (χ2v) is 3.72. The monoisotopic (exact) mass is 225 g/mol. The van der Waals surface area contributed by atoms with Crippen molar-refractivity contribution in [3.63, 3.8) is 0 Å². The lowest BCUT2D eigenvalue weighted by molar-refractivity contribution is -0.129. The van der Waals surface area contributed by atoms with Gasteiger partial charge in [-0.3, -0.25) is 5.21 Å². The van der Waals surface area contributed by atoms with E-state index in [9.17, 15) is 0 Å². The van der Waals surface area contributed by atoms with Crippen LogP contribution in [0.5, 0.6) is 0 Å². The van der Waals surface area contributed by atoms with Crippen LogP contribution < -0.4 is 16.9 Å². The molecule has 0 unspecified atom stereocenters. The van der Waals surface area contributed by atoms with Crippen molar-refractivity contribution < 1.29 is 20.0 Å². The van der Waals surface area contributed by atoms with E-state index < -0.39 is 0 Å². The highest BCUT2D eigenvalue weighted by molar-refractivity contribution is 4.69. The number of nitrogens with two attached hydrogens (primary N) is 1. The second kappa shape index (κ2) is 11.8. The molecule has 0 aliphatic heterocycles. The Bertz CT molecular complexity index is 117. The molecular formula is C8H23N3O4. The van der Waals surface area contributed by atoms with E-state index in [1.807, 2.05) is 0 Å². The molecule has 0 rings (SSSR count). The van der Waals surface area contributed by atoms with Gasteiger partial charge in [0.1, 0.15) is 0 Å². The summed E-state index contributed by atoms with van der Waals surface area (Å²) in [6.45, 7) is 8.37. The minimum atomic E-state index is 0.107. The Morgan fingerprint density at radius 2 is 1.80 bits per heavy atom. The molecule has 0 saturated carbocycles. The van der Waals surface area contributed by atoms with Gasteiger partial charge < -0.3 is 15.2 Å². The fourth-order valence-electron chi connectivity index (χ4n) is 0.665. The van der Waals surface area contributed by atoms with E-state index in [0.29, 0.717) is 13.2 Å². The van der Waals surface area contributed by atoms with Crippen LogP contribution in [0.15, 0.2) is 0 Å². The molecule has 0 bridgehead atoms. The number of hydrogen-bond acceptors (Lipinski definition) is 7. The summed E-state index contributed by atoms with van der Waals surface area (Å²) in [6, 6.07) is 0. The van der Waals surface area contributed by atoms with Gasteiger partial charge in [-0.05, 0) is 20.8 Å². The molecule has 0 aromatic heterocycles. The minimum Gasteiger partial charge on any atom is -0.394 e. The lowest BCUT2D eigenvalue weighted by Crippen LogP contribution is -2.38. The van der Waals surface area contributed by atoms with Crippen LogP contribution in [-0.2, 0) is 9.68 Å². The molecule has 7 heteroatoms. The Hall–Kier alpha value is -0.280. The molecule has 94 valence electrons. The molecule has 0 aromatic rings. The average molecular weight is 225 g/mol. The van der Waals surface area contributed by atoms with Crippen molar-refractivity contribution in [1.29, 1.82) is 0 Å². The first kappa shape index (κ1) is 17.1. The largest absolute Gasteiger partial charge is 0.394 e. The maximum atomic E-state index is 8.38. The van der Waals surface area contributed by atoms with Crippen molar-refractivity contribution in [2.75, 3.05) is 26.4 Å². The summed E-state index contributed by atoms with van der Waals surface area (Å²) in [4.78, 5) is 3.35. The molecule has 0 aliphatic carbocycles. The third kappa shape index (κ3) is 24.8. The Morgan fingerprint density at radius 1 is 1.27 bits per heavy atom. The van der Waals surface area contributed by atoms with E-state index in [0.717, 1.165) is 6.54 Å². The standard InChI is InChI=1S/C8H19NO2.H4N2O2/c1-8(2,3)9-4-6-11-7-5-10;1-4-2-3/h9-10H,4-7H2,1-3H3;2-3H,1H2. The van der Waals surface area contributed by atoms with Gasteiger partial charge in [0.15, 0.2) is 0 Å². The first-order valence-corrected chi connectivity index (χ1v) is 4.66. The van der Waals surface area contributed by atoms with Gasteiger partial charge in [0.25, 0.3) is 0 Å². The van der Waals surface area contributed by atoms with Crippen LogP contribution in [-0.4, -0.2) is 42.2 Å². The first-order valence-electron chi connectivity index (χ1n) is 4.66. The zero-order valence-electron chi connectivity index (χ0n) is 9.62. The van der Waals surface area contributed by atoms with Gasteiger partial charge in [-0.1, -0.05) is 5.64 Å². The number of aliphatic hydroxyl groups is 1. The zero-order chi connectivity index (χ0) is 12.2. The first-order chi connectivity index (χ1) is 6.97. The lowest BCUT2D eigenvalue weighted by atomic mass is 10.1. The van der Waals surface area contributed by atoms with Gasteiger partial charge in [-0.15, -0.1) is 0 Å². The van der Waals surface area contributed by atoms with E-state index in [4.69, 9.17) is 15.1 Å². The molecule has 0 heterocycles. The normalized spacial score (nSPS) is 10.8. The van der Waals surface area contributed by atoms with Crippen molar-refractivity contribution >= 4 is 0 Å². The van der Waals surface area contributed by atoms with Crippen molar-refractivity contribution in [1.82, 2.24) is 11.0 Å². The van der Waals surface area contributed by atoms with Gasteiger partial charge in [-0.25, -0.2) is 0 Å². The fraction of sp³-hybridized carbons (Fsp3) is 1.00. The van der Waals surface area contributed by atoms with Crippen LogP contribution in [0, 0.1) is 0 Å². The third-order valence-electron chi connectivity index (χ3n) is 1.19. The fourth-order valence-corrected chi connectivity index (χ4v) is 0.665. The molecule has 0 atom stereocenters. The van der Waals surface area contributed by atoms with Crippen LogP contribution in [0.4, 0.5) is 0 Å². The predicted molar refractivity (Wildman–Crippen MR) is 55.9 cm³/mol. The van der Waals surface area contributed by atoms with Gasteiger partial charge in [-0.2, -0.15) is 10.8 Å². The summed E-state index contributed by atoms with van der Waals surface area (Å²) in [6.07, 6.45) is 0. The molecule has 0 aromatic carbocycles. The summed E-state index contributed by atoms with van der Waals surface area (Å²) >= 11 is 0. The Balaban J connectivity index is 0. The highest BCUT2D eigenvalue weighted by Gasteiger charge is 2.06. The van der Waals surface area contributed by atoms with Crippen molar-refractivity contribution in [2.24, 2.45) is 5.90 Å². The number of ether oxygens (including phenoxy) is 1. The highest BCUT2D eigenvalue weighted by Crippen LogP contribution is 1.96. The molecular weight excluding hydrogens is 202 g/mol. The average Bonchev–Trinajstić information content (AvgIpc) is 2.16. The van der Waals surface area contributed by atoms with Gasteiger partial charge in [0, 0.05) is 12.1 Å². The van der Waals surface area contributed by atoms with Crippen molar-refractivity contribution in [2.45, 2.75) is 26.3 Å². The molecule has 0 aliphatic rings. The molecule has 15 heavy (non-hydrogen) atoms. The quantitative estimate of drug-likeness (QED) is 0.296. The number of nitrogens with one attached hydrogen (secondary N) is 2. The highest BCUT2D eigenvalue weighted by atomic mass is 16.9. The summed E-state index contributed by atoms with van der Waals surface area (Å²) in [5.41, 5.74) is 1.36. The molecule has 0 amide bonds. The number of rotatable bonds is 6. The third-order valence-corrected chi connectivity index (χ3v) is 1.19. The Kier molecular flexibility index (Phi) is 13.5. The van der Waals surface area contributed by atoms with E-state index in [1.165, 1.54) is 5.64 Å². The van der Waals surface area contributed by atoms with E-state index >= 15 is 0 Å². The van der Waals surface area contributed by atoms with E-state index in [2.05, 4.69) is 36.9 Å². The maximum absolute atomic E-state index is 8.38. The summed E-state index contributed by atoms with van der Waals surface area (Å²) in [7, 11) is 0. The van der Waals surface area contributed by atoms with Gasteiger partial charge in [0.2, 0.25) is 0 Å². The topological polar surface area (TPSA) is 109 Å². The summed E-state index contributed by atoms with van der Waals surface area (Å²) < 4.78 is 5.07. The number of hydrogen-bond donors (Lipinski definition) is 5. The summed E-state index contributed by atoms with van der Waals surface area (Å²) in [5.74, 6) is 4.17. The summed E-state index contributed by atoms with van der Waals surface area (Å²) in [5, 5.41) is 18.9. The molecule has 0 radical (unpaired) electrons. The van der Waals surface area contributed by atoms with Gasteiger partial charge in [0.05, 0.1) is 19.8 Å². The second-order valence-electron chi connectivity index (χ2n) is 3.72. The molecule has 0 fully saturated rings. The molecule has 7 nitrogen and oxygen atoms in total. The zero-order valence-corrected chi connectivity index (χ0v) is 9.62. The van der Waals surface area contributed by atoms with Crippen LogP contribution >= 0.6 is 0 Å². The van der Waals surface area contributed by atoms with E-state index in [1.54, 1.807) is 0 Å². The van der Waals surface area contributed by atoms with Crippen molar-refractivity contribution in [3.8, 4) is 0 Å². The molecule has 6 N–H and O–H groups in total. The SMILES string of the molecule is CC(C)(C)NCCOCCO.NONO. The minimum absolute atomic E-state index is 0.107. The van der Waals surface area contributed by atoms with Crippen LogP contribution in [0.1, 0.15) is 20.8 Å².